The molecule has 0 aliphatic rings. The maximum atomic E-state index is 12.6. The van der Waals surface area contributed by atoms with E-state index in [2.05, 4.69) is 5.32 Å². The van der Waals surface area contributed by atoms with Crippen LogP contribution in [0.1, 0.15) is 10.5 Å². The van der Waals surface area contributed by atoms with Gasteiger partial charge in [-0.2, -0.15) is 16.8 Å². The molecule has 12 nitrogen and oxygen atoms in total. The number of aryl methyl sites for hydroxylation is 1. The molecule has 3 N–H and O–H groups in total. The molecule has 0 radical (unpaired) electrons. The van der Waals surface area contributed by atoms with Gasteiger partial charge in [-0.25, -0.2) is 0 Å². The first-order valence-electron chi connectivity index (χ1n) is 7.93. The lowest BCUT2D eigenvalue weighted by Gasteiger charge is -2.12. The molecule has 0 aliphatic heterocycles. The molecule has 0 aliphatic carbocycles. The van der Waals surface area contributed by atoms with Gasteiger partial charge >= 0.3 is 0 Å². The van der Waals surface area contributed by atoms with Crippen molar-refractivity contribution in [2.75, 3.05) is 5.32 Å². The number of nitrogens with one attached hydrogen (secondary N) is 1. The summed E-state index contributed by atoms with van der Waals surface area (Å²) >= 11 is 0. The van der Waals surface area contributed by atoms with Gasteiger partial charge in [-0.05, 0) is 24.3 Å². The number of fused-ring (bicyclic) bond motifs is 1. The van der Waals surface area contributed by atoms with E-state index in [0.29, 0.717) is 0 Å². The van der Waals surface area contributed by atoms with Gasteiger partial charge in [0.15, 0.2) is 0 Å². The lowest BCUT2D eigenvalue weighted by molar-refractivity contribution is -0.384. The zero-order valence-electron chi connectivity index (χ0n) is 15.0. The van der Waals surface area contributed by atoms with Gasteiger partial charge < -0.3 is 9.88 Å². The third-order valence-electron chi connectivity index (χ3n) is 4.21. The van der Waals surface area contributed by atoms with Crippen LogP contribution in [0.25, 0.3) is 10.8 Å². The van der Waals surface area contributed by atoms with Gasteiger partial charge in [-0.3, -0.25) is 24.0 Å². The average molecular weight is 455 g/mol. The van der Waals surface area contributed by atoms with Crippen molar-refractivity contribution < 1.29 is 35.7 Å². The molecular formula is C16H13N3O9S2. The number of anilines is 1. The van der Waals surface area contributed by atoms with E-state index >= 15 is 0 Å². The number of aromatic nitrogens is 1. The number of hydrogen-bond acceptors (Lipinski definition) is 7. The van der Waals surface area contributed by atoms with Gasteiger partial charge in [0, 0.05) is 29.6 Å². The Morgan fingerprint density at radius 1 is 1.03 bits per heavy atom. The molecule has 0 saturated carbocycles. The summed E-state index contributed by atoms with van der Waals surface area (Å²) in [7, 11) is -8.03. The van der Waals surface area contributed by atoms with Crippen LogP contribution in [0.15, 0.2) is 52.4 Å². The third-order valence-corrected chi connectivity index (χ3v) is 5.97. The molecule has 158 valence electrons. The number of rotatable bonds is 5. The normalized spacial score (nSPS) is 12.1. The zero-order valence-corrected chi connectivity index (χ0v) is 16.6. The molecule has 30 heavy (non-hydrogen) atoms. The third kappa shape index (κ3) is 4.02. The number of carbonyl (C=O) groups excluding carboxylic acids is 1. The molecular weight excluding hydrogens is 442 g/mol. The summed E-state index contributed by atoms with van der Waals surface area (Å²) in [5, 5.41) is 13.1. The number of nitrogens with zero attached hydrogens (tertiary/aromatic N) is 2. The fourth-order valence-corrected chi connectivity index (χ4v) is 4.05. The minimum atomic E-state index is -4.77. The Kier molecular flexibility index (Phi) is 5.11. The highest BCUT2D eigenvalue weighted by Crippen LogP contribution is 2.32. The van der Waals surface area contributed by atoms with Crippen molar-refractivity contribution in [2.45, 2.75) is 9.79 Å². The summed E-state index contributed by atoms with van der Waals surface area (Å²) in [6.45, 7) is 0. The summed E-state index contributed by atoms with van der Waals surface area (Å²) in [6.07, 6.45) is 1.13. The van der Waals surface area contributed by atoms with Crippen molar-refractivity contribution in [2.24, 2.45) is 7.05 Å². The maximum Gasteiger partial charge on any atom is 0.295 e. The second-order valence-electron chi connectivity index (χ2n) is 6.17. The molecule has 2 aromatic carbocycles. The lowest BCUT2D eigenvalue weighted by atomic mass is 10.1. The van der Waals surface area contributed by atoms with Gasteiger partial charge in [0.2, 0.25) is 0 Å². The number of carbonyl (C=O) groups is 1. The summed E-state index contributed by atoms with van der Waals surface area (Å²) in [6, 6.07) is 6.09. The Morgan fingerprint density at radius 2 is 1.70 bits per heavy atom. The monoisotopic (exact) mass is 455 g/mol. The highest BCUT2D eigenvalue weighted by Gasteiger charge is 2.22. The van der Waals surface area contributed by atoms with E-state index in [1.807, 2.05) is 0 Å². The van der Waals surface area contributed by atoms with Crippen molar-refractivity contribution >= 4 is 48.3 Å². The van der Waals surface area contributed by atoms with Crippen LogP contribution >= 0.6 is 0 Å². The molecule has 0 spiro atoms. The maximum absolute atomic E-state index is 12.6. The van der Waals surface area contributed by atoms with E-state index in [1.165, 1.54) is 11.6 Å². The van der Waals surface area contributed by atoms with Gasteiger partial charge in [0.05, 0.1) is 16.0 Å². The fourth-order valence-electron chi connectivity index (χ4n) is 2.85. The smallest absolute Gasteiger partial charge is 0.295 e. The van der Waals surface area contributed by atoms with E-state index in [0.717, 1.165) is 42.6 Å². The van der Waals surface area contributed by atoms with Crippen LogP contribution in [0.2, 0.25) is 0 Å². The summed E-state index contributed by atoms with van der Waals surface area (Å²) in [5.41, 5.74) is -0.344. The van der Waals surface area contributed by atoms with Gasteiger partial charge in [0.25, 0.3) is 31.8 Å². The zero-order chi connectivity index (χ0) is 22.4. The molecule has 0 bridgehead atoms. The van der Waals surface area contributed by atoms with Crippen LogP contribution < -0.4 is 5.32 Å². The highest BCUT2D eigenvalue weighted by molar-refractivity contribution is 7.86. The number of amides is 1. The van der Waals surface area contributed by atoms with E-state index in [4.69, 9.17) is 0 Å². The first-order chi connectivity index (χ1) is 13.8. The predicted molar refractivity (Wildman–Crippen MR) is 104 cm³/mol. The molecule has 1 amide bonds. The van der Waals surface area contributed by atoms with Crippen LogP contribution in [-0.2, 0) is 27.3 Å². The van der Waals surface area contributed by atoms with Crippen LogP contribution in [0.5, 0.6) is 0 Å². The van der Waals surface area contributed by atoms with Crippen LogP contribution in [0, 0.1) is 10.1 Å². The van der Waals surface area contributed by atoms with Crippen molar-refractivity contribution in [3.05, 3.63) is 58.4 Å². The van der Waals surface area contributed by atoms with E-state index in [9.17, 15) is 40.8 Å². The van der Waals surface area contributed by atoms with Crippen molar-refractivity contribution in [3.63, 3.8) is 0 Å². The minimum absolute atomic E-state index is 0.0353. The topological polar surface area (TPSA) is 186 Å². The first kappa shape index (κ1) is 21.4. The van der Waals surface area contributed by atoms with E-state index in [-0.39, 0.29) is 27.8 Å². The molecule has 3 rings (SSSR count). The Labute approximate surface area is 169 Å². The second kappa shape index (κ2) is 7.17. The second-order valence-corrected chi connectivity index (χ2v) is 8.99. The molecule has 1 aromatic heterocycles. The number of hydrogen-bond donors (Lipinski definition) is 3. The molecule has 0 saturated heterocycles. The molecule has 0 unspecified atom stereocenters. The van der Waals surface area contributed by atoms with Crippen molar-refractivity contribution in [1.29, 1.82) is 0 Å². The number of nitro groups is 1. The molecule has 3 aromatic rings. The van der Waals surface area contributed by atoms with Crippen LogP contribution in [0.4, 0.5) is 11.4 Å². The van der Waals surface area contributed by atoms with Crippen LogP contribution in [-0.4, -0.2) is 41.3 Å². The lowest BCUT2D eigenvalue weighted by Crippen LogP contribution is -2.16. The van der Waals surface area contributed by atoms with Crippen molar-refractivity contribution in [1.82, 2.24) is 4.57 Å². The Bertz CT molecular complexity index is 1420. The van der Waals surface area contributed by atoms with Gasteiger partial charge in [-0.1, -0.05) is 6.07 Å². The van der Waals surface area contributed by atoms with Gasteiger partial charge in [-0.15, -0.1) is 0 Å². The largest absolute Gasteiger partial charge is 0.340 e. The van der Waals surface area contributed by atoms with Crippen LogP contribution in [0.3, 0.4) is 0 Å². The summed E-state index contributed by atoms with van der Waals surface area (Å²) in [5.74, 6) is -0.759. The Morgan fingerprint density at radius 3 is 2.23 bits per heavy atom. The number of benzene rings is 2. The van der Waals surface area contributed by atoms with Gasteiger partial charge in [0.1, 0.15) is 10.6 Å². The molecule has 14 heteroatoms. The first-order valence-corrected chi connectivity index (χ1v) is 10.8. The molecule has 1 heterocycles. The Hall–Kier alpha value is -3.33. The average Bonchev–Trinajstić information content (AvgIpc) is 3.02. The summed E-state index contributed by atoms with van der Waals surface area (Å²) in [4.78, 5) is 21.5. The highest BCUT2D eigenvalue weighted by atomic mass is 32.2. The van der Waals surface area contributed by atoms with E-state index < -0.39 is 40.9 Å². The predicted octanol–water partition coefficient (Wildman–Crippen LogP) is 1.83. The fraction of sp³-hybridized carbons (Fsp3) is 0.0625. The van der Waals surface area contributed by atoms with E-state index in [1.54, 1.807) is 0 Å². The SMILES string of the molecule is Cn1cc([N+](=O)[O-])cc1C(=O)Nc1ccc(S(=O)(=O)O)c2cc(S(=O)(=O)O)ccc12. The van der Waals surface area contributed by atoms with Crippen molar-refractivity contribution in [3.8, 4) is 0 Å². The molecule has 0 fully saturated rings. The minimum Gasteiger partial charge on any atom is -0.340 e. The Balaban J connectivity index is 2.16. The standard InChI is InChI=1S/C16H13N3O9S2/c1-18-8-9(19(21)22)6-14(18)16(20)17-13-4-5-15(30(26,27)28)12-7-10(29(23,24)25)2-3-11(12)13/h2-8H,1H3,(H,17,20)(H,23,24,25)(H,26,27,28). The summed E-state index contributed by atoms with van der Waals surface area (Å²) < 4.78 is 66.0. The molecule has 0 atom stereocenters. The quantitative estimate of drug-likeness (QED) is 0.293.